The summed E-state index contributed by atoms with van der Waals surface area (Å²) in [5.74, 6) is 0.804. The zero-order valence-electron chi connectivity index (χ0n) is 7.51. The van der Waals surface area contributed by atoms with Gasteiger partial charge in [0.05, 0.1) is 0 Å². The third kappa shape index (κ3) is 1.38. The van der Waals surface area contributed by atoms with E-state index in [1.165, 1.54) is 0 Å². The van der Waals surface area contributed by atoms with Gasteiger partial charge >= 0.3 is 0 Å². The molecule has 3 heteroatoms. The molecule has 2 saturated carbocycles. The number of carbonyl (C=O) groups excluding carboxylic acids is 1. The van der Waals surface area contributed by atoms with E-state index in [-0.39, 0.29) is 12.3 Å². The van der Waals surface area contributed by atoms with Crippen molar-refractivity contribution < 1.29 is 13.6 Å². The van der Waals surface area contributed by atoms with Crippen molar-refractivity contribution in [2.24, 2.45) is 17.3 Å². The molecule has 2 aliphatic rings. The summed E-state index contributed by atoms with van der Waals surface area (Å²) in [6.45, 7) is 0. The maximum atomic E-state index is 12.3. The van der Waals surface area contributed by atoms with Crippen molar-refractivity contribution >= 4 is 6.29 Å². The fourth-order valence-corrected chi connectivity index (χ4v) is 3.22. The van der Waals surface area contributed by atoms with Crippen LogP contribution in [0.2, 0.25) is 0 Å². The Balaban J connectivity index is 2.12. The molecule has 3 atom stereocenters. The Labute approximate surface area is 76.5 Å². The highest BCUT2D eigenvalue weighted by atomic mass is 19.3. The lowest BCUT2D eigenvalue weighted by molar-refractivity contribution is -0.121. The molecule has 0 amide bonds. The van der Waals surface area contributed by atoms with E-state index in [2.05, 4.69) is 0 Å². The summed E-state index contributed by atoms with van der Waals surface area (Å²) in [4.78, 5) is 10.9. The molecule has 3 unspecified atom stereocenters. The minimum atomic E-state index is -2.33. The van der Waals surface area contributed by atoms with Crippen LogP contribution in [-0.4, -0.2) is 12.7 Å². The number of rotatable bonds is 3. The lowest BCUT2D eigenvalue weighted by atomic mass is 9.72. The summed E-state index contributed by atoms with van der Waals surface area (Å²) < 4.78 is 24.6. The monoisotopic (exact) mass is 188 g/mol. The first kappa shape index (κ1) is 9.10. The van der Waals surface area contributed by atoms with Crippen molar-refractivity contribution in [1.29, 1.82) is 0 Å². The Kier molecular flexibility index (Phi) is 2.12. The average Bonchev–Trinajstić information content (AvgIpc) is 2.62. The van der Waals surface area contributed by atoms with Gasteiger partial charge in [-0.25, -0.2) is 8.78 Å². The van der Waals surface area contributed by atoms with Crippen molar-refractivity contribution in [3.8, 4) is 0 Å². The Hall–Kier alpha value is -0.470. The van der Waals surface area contributed by atoms with Crippen LogP contribution in [-0.2, 0) is 4.79 Å². The molecule has 0 heterocycles. The van der Waals surface area contributed by atoms with Gasteiger partial charge in [0.25, 0.3) is 0 Å². The van der Waals surface area contributed by atoms with Crippen molar-refractivity contribution in [3.05, 3.63) is 0 Å². The fraction of sp³-hybridized carbons (Fsp3) is 0.900. The first-order valence-corrected chi connectivity index (χ1v) is 4.91. The molecule has 2 fully saturated rings. The van der Waals surface area contributed by atoms with Crippen LogP contribution in [0.5, 0.6) is 0 Å². The largest absolute Gasteiger partial charge is 0.303 e. The van der Waals surface area contributed by atoms with Crippen LogP contribution in [0.4, 0.5) is 8.78 Å². The van der Waals surface area contributed by atoms with Gasteiger partial charge in [-0.05, 0) is 31.1 Å². The smallest absolute Gasteiger partial charge is 0.239 e. The van der Waals surface area contributed by atoms with Gasteiger partial charge in [0.15, 0.2) is 0 Å². The van der Waals surface area contributed by atoms with Crippen LogP contribution in [0.15, 0.2) is 0 Å². The van der Waals surface area contributed by atoms with Gasteiger partial charge < -0.3 is 4.79 Å². The molecule has 0 spiro atoms. The number of hydrogen-bond acceptors (Lipinski definition) is 1. The number of aldehydes is 1. The Morgan fingerprint density at radius 1 is 1.46 bits per heavy atom. The zero-order chi connectivity index (χ0) is 9.47. The molecule has 0 aromatic carbocycles. The second-order valence-electron chi connectivity index (χ2n) is 4.53. The minimum absolute atomic E-state index is 0.211. The maximum absolute atomic E-state index is 12.3. The molecule has 0 aliphatic heterocycles. The molecule has 0 aromatic heterocycles. The highest BCUT2D eigenvalue weighted by molar-refractivity contribution is 5.61. The predicted octanol–water partition coefficient (Wildman–Crippen LogP) is 2.65. The van der Waals surface area contributed by atoms with Crippen LogP contribution in [0.1, 0.15) is 32.1 Å². The van der Waals surface area contributed by atoms with Gasteiger partial charge in [0, 0.05) is 11.8 Å². The van der Waals surface area contributed by atoms with Gasteiger partial charge in [-0.1, -0.05) is 6.42 Å². The molecule has 13 heavy (non-hydrogen) atoms. The van der Waals surface area contributed by atoms with E-state index in [1.807, 2.05) is 0 Å². The number of alkyl halides is 2. The molecule has 1 nitrogen and oxygen atoms in total. The van der Waals surface area contributed by atoms with Crippen molar-refractivity contribution in [1.82, 2.24) is 0 Å². The SMILES string of the molecule is O=CC1(CC(F)F)CC2CCC1C2. The summed E-state index contributed by atoms with van der Waals surface area (Å²) in [5.41, 5.74) is -0.656. The van der Waals surface area contributed by atoms with Crippen molar-refractivity contribution in [3.63, 3.8) is 0 Å². The summed E-state index contributed by atoms with van der Waals surface area (Å²) in [6.07, 6.45) is 2.11. The third-order valence-electron chi connectivity index (χ3n) is 3.79. The maximum Gasteiger partial charge on any atom is 0.239 e. The lowest BCUT2D eigenvalue weighted by Crippen LogP contribution is -2.31. The van der Waals surface area contributed by atoms with E-state index in [4.69, 9.17) is 0 Å². The Bertz CT molecular complexity index is 217. The van der Waals surface area contributed by atoms with E-state index in [9.17, 15) is 13.6 Å². The molecular formula is C10H14F2O. The summed E-state index contributed by atoms with van der Waals surface area (Å²) in [6, 6.07) is 0. The summed E-state index contributed by atoms with van der Waals surface area (Å²) >= 11 is 0. The van der Waals surface area contributed by atoms with Crippen LogP contribution < -0.4 is 0 Å². The van der Waals surface area contributed by atoms with Gasteiger partial charge in [0.2, 0.25) is 6.43 Å². The topological polar surface area (TPSA) is 17.1 Å². The standard InChI is InChI=1S/C10H14F2O/c11-9(12)5-10(6-13)4-7-1-2-8(10)3-7/h6-9H,1-5H2. The van der Waals surface area contributed by atoms with Crippen LogP contribution in [0.3, 0.4) is 0 Å². The zero-order valence-corrected chi connectivity index (χ0v) is 7.51. The second kappa shape index (κ2) is 3.03. The van der Waals surface area contributed by atoms with E-state index >= 15 is 0 Å². The molecule has 0 radical (unpaired) electrons. The van der Waals surface area contributed by atoms with Crippen molar-refractivity contribution in [2.45, 2.75) is 38.5 Å². The molecule has 0 N–H and O–H groups in total. The lowest BCUT2D eigenvalue weighted by Gasteiger charge is -2.31. The van der Waals surface area contributed by atoms with E-state index in [0.29, 0.717) is 12.3 Å². The predicted molar refractivity (Wildman–Crippen MR) is 44.6 cm³/mol. The fourth-order valence-electron chi connectivity index (χ4n) is 3.22. The van der Waals surface area contributed by atoms with Gasteiger partial charge in [0.1, 0.15) is 6.29 Å². The normalized spacial score (nSPS) is 43.0. The van der Waals surface area contributed by atoms with Crippen molar-refractivity contribution in [2.75, 3.05) is 0 Å². The number of halogens is 2. The van der Waals surface area contributed by atoms with Gasteiger partial charge in [-0.2, -0.15) is 0 Å². The molecular weight excluding hydrogens is 174 g/mol. The Morgan fingerprint density at radius 2 is 2.23 bits per heavy atom. The molecule has 2 rings (SSSR count). The number of fused-ring (bicyclic) bond motifs is 2. The Morgan fingerprint density at radius 3 is 2.62 bits per heavy atom. The summed E-state index contributed by atoms with van der Waals surface area (Å²) in [7, 11) is 0. The first-order valence-electron chi connectivity index (χ1n) is 4.91. The van der Waals surface area contributed by atoms with Crippen LogP contribution in [0.25, 0.3) is 0 Å². The van der Waals surface area contributed by atoms with Crippen LogP contribution in [0, 0.1) is 17.3 Å². The molecule has 2 aliphatic carbocycles. The van der Waals surface area contributed by atoms with Crippen LogP contribution >= 0.6 is 0 Å². The number of hydrogen-bond donors (Lipinski definition) is 0. The summed E-state index contributed by atoms with van der Waals surface area (Å²) in [5, 5.41) is 0. The molecule has 0 saturated heterocycles. The third-order valence-corrected chi connectivity index (χ3v) is 3.79. The highest BCUT2D eigenvalue weighted by Crippen LogP contribution is 2.57. The van der Waals surface area contributed by atoms with Gasteiger partial charge in [-0.15, -0.1) is 0 Å². The second-order valence-corrected chi connectivity index (χ2v) is 4.53. The highest BCUT2D eigenvalue weighted by Gasteiger charge is 2.51. The van der Waals surface area contributed by atoms with E-state index < -0.39 is 11.8 Å². The average molecular weight is 188 g/mol. The molecule has 74 valence electrons. The minimum Gasteiger partial charge on any atom is -0.303 e. The molecule has 2 bridgehead atoms. The van der Waals surface area contributed by atoms with E-state index in [1.54, 1.807) is 0 Å². The quantitative estimate of drug-likeness (QED) is 0.622. The van der Waals surface area contributed by atoms with Gasteiger partial charge in [-0.3, -0.25) is 0 Å². The van der Waals surface area contributed by atoms with E-state index in [0.717, 1.165) is 25.5 Å². The number of carbonyl (C=O) groups is 1. The first-order chi connectivity index (χ1) is 6.16. The molecule has 0 aromatic rings.